The van der Waals surface area contributed by atoms with Crippen LogP contribution in [0.15, 0.2) is 18.2 Å². The van der Waals surface area contributed by atoms with Crippen LogP contribution in [0.3, 0.4) is 0 Å². The number of carbonyl (C=O) groups is 1. The van der Waals surface area contributed by atoms with Crippen LogP contribution in [0.1, 0.15) is 18.4 Å². The fraction of sp³-hybridized carbons (Fsp3) is 0.500. The third-order valence-electron chi connectivity index (χ3n) is 3.44. The highest BCUT2D eigenvalue weighted by Gasteiger charge is 2.26. The van der Waals surface area contributed by atoms with Gasteiger partial charge in [-0.3, -0.25) is 4.79 Å². The molecule has 3 rings (SSSR count). The molecule has 102 valence electrons. The molecule has 1 aromatic carbocycles. The number of amides is 1. The van der Waals surface area contributed by atoms with Crippen molar-refractivity contribution in [3.8, 4) is 11.5 Å². The Kier molecular flexibility index (Phi) is 3.29. The van der Waals surface area contributed by atoms with Crippen molar-refractivity contribution < 1.29 is 19.0 Å². The number of ether oxygens (including phenoxy) is 3. The second-order valence-corrected chi connectivity index (χ2v) is 4.88. The van der Waals surface area contributed by atoms with E-state index < -0.39 is 0 Å². The lowest BCUT2D eigenvalue weighted by atomic mass is 10.1. The van der Waals surface area contributed by atoms with Gasteiger partial charge in [-0.2, -0.15) is 0 Å². The minimum Gasteiger partial charge on any atom is -0.454 e. The summed E-state index contributed by atoms with van der Waals surface area (Å²) in [7, 11) is 1.80. The van der Waals surface area contributed by atoms with E-state index in [0.717, 1.165) is 29.9 Å². The molecule has 1 fully saturated rings. The molecule has 19 heavy (non-hydrogen) atoms. The molecule has 0 bridgehead atoms. The number of likely N-dealkylation sites (N-methyl/N-ethyl adjacent to an activating group) is 1. The predicted octanol–water partition coefficient (Wildman–Crippen LogP) is 1.55. The molecule has 0 aromatic heterocycles. The Morgan fingerprint density at radius 2 is 2.21 bits per heavy atom. The van der Waals surface area contributed by atoms with E-state index in [-0.39, 0.29) is 18.8 Å². The van der Waals surface area contributed by atoms with Crippen LogP contribution in [0.4, 0.5) is 0 Å². The summed E-state index contributed by atoms with van der Waals surface area (Å²) in [6, 6.07) is 5.75. The smallest absolute Gasteiger partial charge is 0.251 e. The maximum atomic E-state index is 12.1. The summed E-state index contributed by atoms with van der Waals surface area (Å²) < 4.78 is 16.0. The number of rotatable bonds is 3. The number of hydrogen-bond acceptors (Lipinski definition) is 4. The van der Waals surface area contributed by atoms with Gasteiger partial charge in [0.05, 0.1) is 0 Å². The van der Waals surface area contributed by atoms with Gasteiger partial charge in [-0.15, -0.1) is 0 Å². The second-order valence-electron chi connectivity index (χ2n) is 4.88. The first kappa shape index (κ1) is 12.3. The summed E-state index contributed by atoms with van der Waals surface area (Å²) in [4.78, 5) is 13.8. The zero-order valence-electron chi connectivity index (χ0n) is 10.9. The predicted molar refractivity (Wildman–Crippen MR) is 68.0 cm³/mol. The van der Waals surface area contributed by atoms with Crippen molar-refractivity contribution in [3.05, 3.63) is 23.8 Å². The van der Waals surface area contributed by atoms with E-state index in [1.165, 1.54) is 0 Å². The van der Waals surface area contributed by atoms with Crippen LogP contribution in [-0.2, 0) is 16.1 Å². The molecule has 0 N–H and O–H groups in total. The molecular weight excluding hydrogens is 246 g/mol. The number of hydrogen-bond donors (Lipinski definition) is 0. The van der Waals surface area contributed by atoms with Gasteiger partial charge in [0, 0.05) is 20.2 Å². The molecule has 0 radical (unpaired) electrons. The Labute approximate surface area is 112 Å². The van der Waals surface area contributed by atoms with Crippen LogP contribution in [0.2, 0.25) is 0 Å². The van der Waals surface area contributed by atoms with Crippen molar-refractivity contribution in [1.82, 2.24) is 4.90 Å². The van der Waals surface area contributed by atoms with Crippen LogP contribution < -0.4 is 9.47 Å². The summed E-state index contributed by atoms with van der Waals surface area (Å²) >= 11 is 0. The van der Waals surface area contributed by atoms with Crippen LogP contribution in [0, 0.1) is 0 Å². The second kappa shape index (κ2) is 5.09. The van der Waals surface area contributed by atoms with Gasteiger partial charge in [-0.25, -0.2) is 0 Å². The highest BCUT2D eigenvalue weighted by molar-refractivity contribution is 5.80. The fourth-order valence-electron chi connectivity index (χ4n) is 2.41. The maximum absolute atomic E-state index is 12.1. The van der Waals surface area contributed by atoms with E-state index in [9.17, 15) is 4.79 Å². The molecule has 1 atom stereocenters. The zero-order valence-corrected chi connectivity index (χ0v) is 10.9. The molecule has 1 saturated heterocycles. The summed E-state index contributed by atoms with van der Waals surface area (Å²) in [6.45, 7) is 1.51. The van der Waals surface area contributed by atoms with Gasteiger partial charge in [-0.05, 0) is 30.5 Å². The standard InChI is InChI=1S/C14H17NO4/c1-15(14(16)12-3-2-6-17-12)8-10-4-5-11-13(7-10)19-9-18-11/h4-5,7,12H,2-3,6,8-9H2,1H3. The molecule has 2 aliphatic heterocycles. The molecule has 5 nitrogen and oxygen atoms in total. The monoisotopic (exact) mass is 263 g/mol. The van der Waals surface area contributed by atoms with E-state index in [1.807, 2.05) is 18.2 Å². The first-order valence-corrected chi connectivity index (χ1v) is 6.49. The van der Waals surface area contributed by atoms with Gasteiger partial charge < -0.3 is 19.1 Å². The minimum atomic E-state index is -0.265. The van der Waals surface area contributed by atoms with Crippen molar-refractivity contribution in [2.24, 2.45) is 0 Å². The van der Waals surface area contributed by atoms with Crippen LogP contribution in [-0.4, -0.2) is 37.4 Å². The molecule has 5 heteroatoms. The lowest BCUT2D eigenvalue weighted by Gasteiger charge is -2.20. The van der Waals surface area contributed by atoms with Gasteiger partial charge in [0.2, 0.25) is 6.79 Å². The average molecular weight is 263 g/mol. The fourth-order valence-corrected chi connectivity index (χ4v) is 2.41. The first-order valence-electron chi connectivity index (χ1n) is 6.49. The van der Waals surface area contributed by atoms with Gasteiger partial charge in [0.1, 0.15) is 6.10 Å². The first-order chi connectivity index (χ1) is 9.24. The zero-order chi connectivity index (χ0) is 13.2. The summed E-state index contributed by atoms with van der Waals surface area (Å²) in [5, 5.41) is 0. The summed E-state index contributed by atoms with van der Waals surface area (Å²) in [6.07, 6.45) is 1.53. The molecule has 1 aromatic rings. The van der Waals surface area contributed by atoms with Crippen molar-refractivity contribution in [2.45, 2.75) is 25.5 Å². The molecule has 2 aliphatic rings. The lowest BCUT2D eigenvalue weighted by Crippen LogP contribution is -2.35. The van der Waals surface area contributed by atoms with Crippen LogP contribution >= 0.6 is 0 Å². The van der Waals surface area contributed by atoms with Gasteiger partial charge in [0.15, 0.2) is 11.5 Å². The Bertz CT molecular complexity index is 482. The Morgan fingerprint density at radius 1 is 1.37 bits per heavy atom. The van der Waals surface area contributed by atoms with Crippen molar-refractivity contribution in [3.63, 3.8) is 0 Å². The lowest BCUT2D eigenvalue weighted by molar-refractivity contribution is -0.140. The van der Waals surface area contributed by atoms with Crippen LogP contribution in [0.25, 0.3) is 0 Å². The normalized spacial score (nSPS) is 20.6. The van der Waals surface area contributed by atoms with Crippen LogP contribution in [0.5, 0.6) is 11.5 Å². The van der Waals surface area contributed by atoms with Crippen molar-refractivity contribution >= 4 is 5.91 Å². The largest absolute Gasteiger partial charge is 0.454 e. The minimum absolute atomic E-state index is 0.0511. The van der Waals surface area contributed by atoms with Crippen molar-refractivity contribution in [1.29, 1.82) is 0 Å². The quantitative estimate of drug-likeness (QED) is 0.830. The summed E-state index contributed by atoms with van der Waals surface area (Å²) in [5.74, 6) is 1.56. The Balaban J connectivity index is 1.65. The average Bonchev–Trinajstić information content (AvgIpc) is 3.08. The number of benzene rings is 1. The number of fused-ring (bicyclic) bond motifs is 1. The molecule has 0 saturated carbocycles. The molecule has 0 spiro atoms. The molecule has 1 amide bonds. The van der Waals surface area contributed by atoms with Gasteiger partial charge in [-0.1, -0.05) is 6.07 Å². The third-order valence-corrected chi connectivity index (χ3v) is 3.44. The van der Waals surface area contributed by atoms with E-state index in [1.54, 1.807) is 11.9 Å². The molecule has 2 heterocycles. The molecule has 1 unspecified atom stereocenters. The maximum Gasteiger partial charge on any atom is 0.251 e. The number of carbonyl (C=O) groups excluding carboxylic acids is 1. The van der Waals surface area contributed by atoms with Gasteiger partial charge >= 0.3 is 0 Å². The Morgan fingerprint density at radius 3 is 3.00 bits per heavy atom. The van der Waals surface area contributed by atoms with Crippen molar-refractivity contribution in [2.75, 3.05) is 20.4 Å². The molecule has 0 aliphatic carbocycles. The molecular formula is C14H17NO4. The Hall–Kier alpha value is -1.75. The summed E-state index contributed by atoms with van der Waals surface area (Å²) in [5.41, 5.74) is 1.03. The van der Waals surface area contributed by atoms with E-state index in [0.29, 0.717) is 13.2 Å². The topological polar surface area (TPSA) is 48.0 Å². The number of nitrogens with zero attached hydrogens (tertiary/aromatic N) is 1. The highest BCUT2D eigenvalue weighted by atomic mass is 16.7. The highest BCUT2D eigenvalue weighted by Crippen LogP contribution is 2.32. The van der Waals surface area contributed by atoms with E-state index >= 15 is 0 Å². The van der Waals surface area contributed by atoms with E-state index in [2.05, 4.69) is 0 Å². The van der Waals surface area contributed by atoms with Gasteiger partial charge in [0.25, 0.3) is 5.91 Å². The third kappa shape index (κ3) is 2.51. The van der Waals surface area contributed by atoms with E-state index in [4.69, 9.17) is 14.2 Å². The SMILES string of the molecule is CN(Cc1ccc2c(c1)OCO2)C(=O)C1CCCO1.